The number of aliphatic hydroxyl groups excluding tert-OH is 1. The highest BCUT2D eigenvalue weighted by molar-refractivity contribution is 7.80. The minimum Gasteiger partial charge on any atom is -0.396 e. The van der Waals surface area contributed by atoms with E-state index in [0.717, 1.165) is 22.8 Å². The number of nitrogens with zero attached hydrogens (tertiary/aromatic N) is 4. The van der Waals surface area contributed by atoms with Gasteiger partial charge >= 0.3 is 0 Å². The lowest BCUT2D eigenvalue weighted by molar-refractivity contribution is 0.247. The van der Waals surface area contributed by atoms with Crippen LogP contribution in [0.1, 0.15) is 41.1 Å². The molecule has 6 nitrogen and oxygen atoms in total. The lowest BCUT2D eigenvalue weighted by Crippen LogP contribution is -2.31. The summed E-state index contributed by atoms with van der Waals surface area (Å²) in [5.74, 6) is 0. The Hall–Kier alpha value is -2.77. The van der Waals surface area contributed by atoms with Gasteiger partial charge < -0.3 is 19.9 Å². The first-order valence-electron chi connectivity index (χ1n) is 9.80. The van der Waals surface area contributed by atoms with Crippen molar-refractivity contribution in [3.63, 3.8) is 0 Å². The maximum Gasteiger partial charge on any atom is 0.170 e. The second-order valence-electron chi connectivity index (χ2n) is 7.27. The molecule has 0 aromatic carbocycles. The summed E-state index contributed by atoms with van der Waals surface area (Å²) in [5, 5.41) is 13.6. The highest BCUT2D eigenvalue weighted by Gasteiger charge is 2.41. The van der Waals surface area contributed by atoms with Gasteiger partial charge in [-0.15, -0.1) is 0 Å². The third-order valence-electron chi connectivity index (χ3n) is 5.45. The van der Waals surface area contributed by atoms with E-state index in [9.17, 15) is 5.11 Å². The largest absolute Gasteiger partial charge is 0.396 e. The van der Waals surface area contributed by atoms with E-state index in [-0.39, 0.29) is 18.7 Å². The Morgan fingerprint density at radius 3 is 2.72 bits per heavy atom. The zero-order valence-electron chi connectivity index (χ0n) is 16.6. The molecule has 1 fully saturated rings. The predicted molar refractivity (Wildman–Crippen MR) is 117 cm³/mol. The molecule has 150 valence electrons. The Balaban J connectivity index is 1.81. The monoisotopic (exact) mass is 407 g/mol. The zero-order valence-corrected chi connectivity index (χ0v) is 17.4. The molecule has 1 saturated heterocycles. The van der Waals surface area contributed by atoms with Crippen LogP contribution in [0, 0.1) is 13.8 Å². The highest BCUT2D eigenvalue weighted by Crippen LogP contribution is 2.41. The summed E-state index contributed by atoms with van der Waals surface area (Å²) in [6.07, 6.45) is 6.13. The van der Waals surface area contributed by atoms with E-state index in [1.165, 1.54) is 5.56 Å². The van der Waals surface area contributed by atoms with Gasteiger partial charge in [-0.2, -0.15) is 0 Å². The Morgan fingerprint density at radius 2 is 2.03 bits per heavy atom. The normalized spacial score (nSPS) is 18.9. The van der Waals surface area contributed by atoms with Gasteiger partial charge in [-0.3, -0.25) is 9.97 Å². The average molecular weight is 408 g/mol. The van der Waals surface area contributed by atoms with Gasteiger partial charge in [0.05, 0.1) is 29.7 Å². The lowest BCUT2D eigenvalue weighted by atomic mass is 9.96. The molecule has 2 atom stereocenters. The van der Waals surface area contributed by atoms with Crippen molar-refractivity contribution in [2.75, 3.05) is 13.2 Å². The van der Waals surface area contributed by atoms with Crippen molar-refractivity contribution >= 4 is 17.3 Å². The summed E-state index contributed by atoms with van der Waals surface area (Å²) in [7, 11) is 0. The van der Waals surface area contributed by atoms with Crippen LogP contribution in [0.25, 0.3) is 5.69 Å². The molecule has 0 spiro atoms. The summed E-state index contributed by atoms with van der Waals surface area (Å²) in [5.41, 5.74) is 5.50. The molecule has 0 bridgehead atoms. The molecule has 3 aromatic heterocycles. The number of aryl methyl sites for hydroxylation is 1. The van der Waals surface area contributed by atoms with E-state index in [4.69, 9.17) is 12.2 Å². The maximum atomic E-state index is 9.39. The van der Waals surface area contributed by atoms with Gasteiger partial charge in [0.1, 0.15) is 0 Å². The molecule has 0 amide bonds. The molecule has 7 heteroatoms. The fourth-order valence-electron chi connectivity index (χ4n) is 4.20. The average Bonchev–Trinajstić information content (AvgIpc) is 3.23. The van der Waals surface area contributed by atoms with Crippen LogP contribution < -0.4 is 5.32 Å². The van der Waals surface area contributed by atoms with Gasteiger partial charge in [-0.1, -0.05) is 6.07 Å². The minimum atomic E-state index is -0.0507. The van der Waals surface area contributed by atoms with Crippen LogP contribution in [0.2, 0.25) is 0 Å². The minimum absolute atomic E-state index is 0.000529. The third kappa shape index (κ3) is 3.63. The van der Waals surface area contributed by atoms with Gasteiger partial charge in [-0.25, -0.2) is 0 Å². The van der Waals surface area contributed by atoms with Crippen molar-refractivity contribution in [1.29, 1.82) is 0 Å². The summed E-state index contributed by atoms with van der Waals surface area (Å²) in [4.78, 5) is 11.0. The Morgan fingerprint density at radius 1 is 1.17 bits per heavy atom. The fraction of sp³-hybridized carbons (Fsp3) is 0.318. The SMILES string of the molecule is Cc1cc([C@@H]2[C@H](c3ccccn3)NC(=S)N2CCCO)c(C)n1-c1cccnc1. The van der Waals surface area contributed by atoms with Crippen molar-refractivity contribution in [3.05, 3.63) is 77.6 Å². The fourth-order valence-corrected chi connectivity index (χ4v) is 4.53. The number of thiocarbonyl (C=S) groups is 1. The first kappa shape index (κ1) is 19.5. The van der Waals surface area contributed by atoms with E-state index in [1.807, 2.05) is 36.7 Å². The van der Waals surface area contributed by atoms with E-state index in [1.54, 1.807) is 6.20 Å². The molecule has 3 aromatic rings. The Kier molecular flexibility index (Phi) is 5.60. The quantitative estimate of drug-likeness (QED) is 0.612. The molecule has 29 heavy (non-hydrogen) atoms. The van der Waals surface area contributed by atoms with Crippen molar-refractivity contribution < 1.29 is 5.11 Å². The summed E-state index contributed by atoms with van der Waals surface area (Å²) < 4.78 is 2.23. The molecule has 0 radical (unpaired) electrons. The third-order valence-corrected chi connectivity index (χ3v) is 5.80. The summed E-state index contributed by atoms with van der Waals surface area (Å²) >= 11 is 5.67. The van der Waals surface area contributed by atoms with E-state index >= 15 is 0 Å². The van der Waals surface area contributed by atoms with Crippen molar-refractivity contribution in [2.24, 2.45) is 0 Å². The summed E-state index contributed by atoms with van der Waals surface area (Å²) in [6.45, 7) is 5.07. The molecule has 0 aliphatic carbocycles. The molecule has 1 aliphatic rings. The second kappa shape index (κ2) is 8.31. The lowest BCUT2D eigenvalue weighted by Gasteiger charge is -2.28. The first-order chi connectivity index (χ1) is 14.1. The van der Waals surface area contributed by atoms with Gasteiger partial charge in [0.2, 0.25) is 0 Å². The molecular weight excluding hydrogens is 382 g/mol. The number of aromatic nitrogens is 3. The van der Waals surface area contributed by atoms with Crippen LogP contribution >= 0.6 is 12.2 Å². The van der Waals surface area contributed by atoms with Crippen molar-refractivity contribution in [3.8, 4) is 5.69 Å². The second-order valence-corrected chi connectivity index (χ2v) is 7.66. The van der Waals surface area contributed by atoms with Crippen LogP contribution in [-0.4, -0.2) is 42.8 Å². The van der Waals surface area contributed by atoms with Crippen LogP contribution in [-0.2, 0) is 0 Å². The van der Waals surface area contributed by atoms with Crippen molar-refractivity contribution in [1.82, 2.24) is 24.8 Å². The molecular formula is C22H25N5OS. The van der Waals surface area contributed by atoms with Gasteiger partial charge in [0.15, 0.2) is 5.11 Å². The van der Waals surface area contributed by atoms with Crippen LogP contribution in [0.3, 0.4) is 0 Å². The number of rotatable bonds is 6. The number of pyridine rings is 2. The summed E-state index contributed by atoms with van der Waals surface area (Å²) in [6, 6.07) is 12.1. The van der Waals surface area contributed by atoms with Gasteiger partial charge in [0.25, 0.3) is 0 Å². The topological polar surface area (TPSA) is 66.2 Å². The first-order valence-corrected chi connectivity index (χ1v) is 10.2. The number of hydrogen-bond acceptors (Lipinski definition) is 4. The van der Waals surface area contributed by atoms with Crippen molar-refractivity contribution in [2.45, 2.75) is 32.4 Å². The number of aliphatic hydroxyl groups is 1. The standard InChI is InChI=1S/C22H25N5OS/c1-15-13-18(16(2)27(15)17-7-5-9-23-14-17)21-20(19-8-3-4-10-24-19)25-22(29)26(21)11-6-12-28/h3-5,7-10,13-14,20-21,28H,6,11-12H2,1-2H3,(H,25,29)/t20-,21+/m0/s1. The zero-order chi connectivity index (χ0) is 20.4. The highest BCUT2D eigenvalue weighted by atomic mass is 32.1. The molecule has 2 N–H and O–H groups in total. The number of hydrogen-bond donors (Lipinski definition) is 2. The van der Waals surface area contributed by atoms with Crippen LogP contribution in [0.5, 0.6) is 0 Å². The van der Waals surface area contributed by atoms with E-state index in [0.29, 0.717) is 18.1 Å². The molecule has 0 saturated carbocycles. The maximum absolute atomic E-state index is 9.39. The molecule has 0 unspecified atom stereocenters. The van der Waals surface area contributed by atoms with Gasteiger partial charge in [-0.05, 0) is 68.4 Å². The van der Waals surface area contributed by atoms with Crippen LogP contribution in [0.15, 0.2) is 55.0 Å². The molecule has 4 rings (SSSR count). The van der Waals surface area contributed by atoms with Crippen LogP contribution in [0.4, 0.5) is 0 Å². The molecule has 4 heterocycles. The Labute approximate surface area is 176 Å². The smallest absolute Gasteiger partial charge is 0.170 e. The van der Waals surface area contributed by atoms with E-state index in [2.05, 4.69) is 50.7 Å². The molecule has 1 aliphatic heterocycles. The van der Waals surface area contributed by atoms with Gasteiger partial charge in [0, 0.05) is 36.9 Å². The van der Waals surface area contributed by atoms with E-state index < -0.39 is 0 Å². The Bertz CT molecular complexity index is 989. The predicted octanol–water partition coefficient (Wildman–Crippen LogP) is 3.24. The number of nitrogens with one attached hydrogen (secondary N) is 1.